The molecule has 1 aliphatic rings. The summed E-state index contributed by atoms with van der Waals surface area (Å²) in [7, 11) is 0. The van der Waals surface area contributed by atoms with Gasteiger partial charge >= 0.3 is 6.18 Å². The number of halogens is 3. The summed E-state index contributed by atoms with van der Waals surface area (Å²) in [5.74, 6) is -2.84. The van der Waals surface area contributed by atoms with Crippen LogP contribution in [-0.4, -0.2) is 29.5 Å². The highest BCUT2D eigenvalue weighted by Crippen LogP contribution is 2.33. The number of aliphatic hydroxyl groups is 1. The van der Waals surface area contributed by atoms with Crippen molar-refractivity contribution in [2.45, 2.75) is 24.8 Å². The quantitative estimate of drug-likeness (QED) is 0.649. The summed E-state index contributed by atoms with van der Waals surface area (Å²) in [6.45, 7) is -0.438. The third-order valence-electron chi connectivity index (χ3n) is 1.45. The zero-order valence-corrected chi connectivity index (χ0v) is 6.02. The van der Waals surface area contributed by atoms with E-state index in [1.165, 1.54) is 0 Å². The number of hydrogen-bond acceptors (Lipinski definition) is 3. The Kier molecular flexibility index (Phi) is 2.13. The predicted molar refractivity (Wildman–Crippen MR) is 31.2 cm³/mol. The van der Waals surface area contributed by atoms with E-state index in [2.05, 4.69) is 4.74 Å². The minimum atomic E-state index is -4.51. The van der Waals surface area contributed by atoms with Crippen molar-refractivity contribution in [1.29, 1.82) is 0 Å². The van der Waals surface area contributed by atoms with Gasteiger partial charge in [-0.2, -0.15) is 13.2 Å². The first-order valence-corrected chi connectivity index (χ1v) is 3.26. The zero-order valence-electron chi connectivity index (χ0n) is 6.02. The van der Waals surface area contributed by atoms with Crippen LogP contribution in [0.1, 0.15) is 12.8 Å². The van der Waals surface area contributed by atoms with Crippen LogP contribution < -0.4 is 0 Å². The van der Waals surface area contributed by atoms with Gasteiger partial charge in [0.1, 0.15) is 6.61 Å². The predicted octanol–water partition coefficient (Wildman–Crippen LogP) is 0.617. The second kappa shape index (κ2) is 2.70. The number of rotatable bonds is 1. The molecule has 1 saturated heterocycles. The van der Waals surface area contributed by atoms with Crippen molar-refractivity contribution >= 4 is 5.78 Å². The molecule has 1 heterocycles. The Morgan fingerprint density at radius 1 is 1.58 bits per heavy atom. The summed E-state index contributed by atoms with van der Waals surface area (Å²) in [5, 5.41) is 9.03. The van der Waals surface area contributed by atoms with E-state index < -0.39 is 37.2 Å². The fourth-order valence-corrected chi connectivity index (χ4v) is 1.05. The lowest BCUT2D eigenvalue weighted by Gasteiger charge is -2.21. The molecule has 1 unspecified atom stereocenters. The molecular weight excluding hydrogens is 177 g/mol. The van der Waals surface area contributed by atoms with Crippen molar-refractivity contribution in [3.05, 3.63) is 0 Å². The van der Waals surface area contributed by atoms with E-state index in [1.54, 1.807) is 0 Å². The van der Waals surface area contributed by atoms with Gasteiger partial charge in [-0.15, -0.1) is 0 Å². The normalized spacial score (nSPS) is 31.2. The molecule has 0 spiro atoms. The van der Waals surface area contributed by atoms with Crippen molar-refractivity contribution in [3.63, 3.8) is 0 Å². The van der Waals surface area contributed by atoms with E-state index in [9.17, 15) is 18.0 Å². The SMILES string of the molecule is O=C1COC(O)(CC(F)(F)F)C1. The van der Waals surface area contributed by atoms with Crippen LogP contribution in [0.4, 0.5) is 13.2 Å². The molecule has 0 aromatic carbocycles. The molecule has 0 aromatic heterocycles. The van der Waals surface area contributed by atoms with Crippen LogP contribution >= 0.6 is 0 Å². The Morgan fingerprint density at radius 3 is 2.50 bits per heavy atom. The summed E-state index contributed by atoms with van der Waals surface area (Å²) in [5.41, 5.74) is 0. The highest BCUT2D eigenvalue weighted by atomic mass is 19.4. The molecule has 1 atom stereocenters. The number of ketones is 1. The lowest BCUT2D eigenvalue weighted by atomic mass is 10.1. The molecule has 1 aliphatic heterocycles. The van der Waals surface area contributed by atoms with Gasteiger partial charge in [-0.05, 0) is 0 Å². The van der Waals surface area contributed by atoms with Crippen LogP contribution in [0.3, 0.4) is 0 Å². The van der Waals surface area contributed by atoms with Crippen LogP contribution in [-0.2, 0) is 9.53 Å². The maximum absolute atomic E-state index is 11.7. The average Bonchev–Trinajstić information content (AvgIpc) is 2.05. The first-order chi connectivity index (χ1) is 5.31. The van der Waals surface area contributed by atoms with Crippen molar-refractivity contribution in [2.75, 3.05) is 6.61 Å². The smallest absolute Gasteiger partial charge is 0.365 e. The van der Waals surface area contributed by atoms with Crippen molar-refractivity contribution in [3.8, 4) is 0 Å². The van der Waals surface area contributed by atoms with Gasteiger partial charge in [0, 0.05) is 0 Å². The molecule has 0 amide bonds. The zero-order chi connectivity index (χ0) is 9.41. The number of ether oxygens (including phenoxy) is 1. The van der Waals surface area contributed by atoms with Gasteiger partial charge in [-0.25, -0.2) is 0 Å². The van der Waals surface area contributed by atoms with Gasteiger partial charge in [-0.1, -0.05) is 0 Å². The topological polar surface area (TPSA) is 46.5 Å². The molecule has 0 saturated carbocycles. The van der Waals surface area contributed by atoms with E-state index in [-0.39, 0.29) is 0 Å². The van der Waals surface area contributed by atoms with E-state index in [1.807, 2.05) is 0 Å². The number of Topliss-reactive ketones (excluding diaryl/α,β-unsaturated/α-hetero) is 1. The van der Waals surface area contributed by atoms with Gasteiger partial charge in [0.15, 0.2) is 11.6 Å². The molecule has 6 heteroatoms. The van der Waals surface area contributed by atoms with Crippen LogP contribution in [0.15, 0.2) is 0 Å². The standard InChI is InChI=1S/C6H7F3O3/c7-6(8,9)3-5(11)1-4(10)2-12-5/h11H,1-3H2. The lowest BCUT2D eigenvalue weighted by molar-refractivity contribution is -0.247. The minimum Gasteiger partial charge on any atom is -0.365 e. The highest BCUT2D eigenvalue weighted by Gasteiger charge is 2.46. The third kappa shape index (κ3) is 2.46. The summed E-state index contributed by atoms with van der Waals surface area (Å²) in [4.78, 5) is 10.5. The largest absolute Gasteiger partial charge is 0.394 e. The van der Waals surface area contributed by atoms with Crippen molar-refractivity contribution < 1.29 is 27.8 Å². The number of hydrogen-bond donors (Lipinski definition) is 1. The van der Waals surface area contributed by atoms with Gasteiger partial charge in [0.2, 0.25) is 0 Å². The fraction of sp³-hybridized carbons (Fsp3) is 0.833. The van der Waals surface area contributed by atoms with Gasteiger partial charge in [-0.3, -0.25) is 4.79 Å². The Balaban J connectivity index is 2.56. The minimum absolute atomic E-state index is 0.438. The summed E-state index contributed by atoms with van der Waals surface area (Å²) >= 11 is 0. The fourth-order valence-electron chi connectivity index (χ4n) is 1.05. The molecule has 12 heavy (non-hydrogen) atoms. The third-order valence-corrected chi connectivity index (χ3v) is 1.45. The Labute approximate surface area is 66.1 Å². The van der Waals surface area contributed by atoms with Crippen molar-refractivity contribution in [1.82, 2.24) is 0 Å². The Morgan fingerprint density at radius 2 is 2.17 bits per heavy atom. The second-order valence-corrected chi connectivity index (χ2v) is 2.74. The maximum atomic E-state index is 11.7. The molecule has 0 radical (unpaired) electrons. The Hall–Kier alpha value is -0.620. The lowest BCUT2D eigenvalue weighted by Crippen LogP contribution is -2.33. The van der Waals surface area contributed by atoms with Crippen LogP contribution in [0, 0.1) is 0 Å². The molecule has 1 N–H and O–H groups in total. The van der Waals surface area contributed by atoms with Crippen LogP contribution in [0.25, 0.3) is 0 Å². The number of carbonyl (C=O) groups is 1. The first-order valence-electron chi connectivity index (χ1n) is 3.26. The van der Waals surface area contributed by atoms with Crippen LogP contribution in [0.5, 0.6) is 0 Å². The molecular formula is C6H7F3O3. The average molecular weight is 184 g/mol. The van der Waals surface area contributed by atoms with Crippen LogP contribution in [0.2, 0.25) is 0 Å². The van der Waals surface area contributed by atoms with E-state index in [0.29, 0.717) is 0 Å². The summed E-state index contributed by atoms with van der Waals surface area (Å²) < 4.78 is 39.5. The molecule has 1 fully saturated rings. The van der Waals surface area contributed by atoms with E-state index >= 15 is 0 Å². The molecule has 0 aliphatic carbocycles. The summed E-state index contributed by atoms with van der Waals surface area (Å²) in [6.07, 6.45) is -6.59. The number of carbonyl (C=O) groups excluding carboxylic acids is 1. The summed E-state index contributed by atoms with van der Waals surface area (Å²) in [6, 6.07) is 0. The highest BCUT2D eigenvalue weighted by molar-refractivity contribution is 5.82. The Bertz CT molecular complexity index is 201. The molecule has 1 rings (SSSR count). The van der Waals surface area contributed by atoms with E-state index in [4.69, 9.17) is 5.11 Å². The molecule has 0 aromatic rings. The van der Waals surface area contributed by atoms with E-state index in [0.717, 1.165) is 0 Å². The van der Waals surface area contributed by atoms with Crippen molar-refractivity contribution in [2.24, 2.45) is 0 Å². The van der Waals surface area contributed by atoms with Gasteiger partial charge < -0.3 is 9.84 Å². The molecule has 70 valence electrons. The monoisotopic (exact) mass is 184 g/mol. The molecule has 3 nitrogen and oxygen atoms in total. The van der Waals surface area contributed by atoms with Gasteiger partial charge in [0.25, 0.3) is 0 Å². The number of alkyl halides is 3. The molecule has 0 bridgehead atoms. The first kappa shape index (κ1) is 9.47. The maximum Gasteiger partial charge on any atom is 0.394 e. The second-order valence-electron chi connectivity index (χ2n) is 2.74. The van der Waals surface area contributed by atoms with Gasteiger partial charge in [0.05, 0.1) is 12.8 Å².